The summed E-state index contributed by atoms with van der Waals surface area (Å²) in [5.74, 6) is 0.0676. The molecule has 2 aliphatic rings. The lowest BCUT2D eigenvalue weighted by Crippen LogP contribution is -2.28. The average molecular weight is 1110 g/mol. The maximum atomic E-state index is 14.7. The molecule has 0 fully saturated rings. The molecule has 0 bridgehead atoms. The highest BCUT2D eigenvalue weighted by Gasteiger charge is 2.30. The second kappa shape index (κ2) is 22.4. The molecule has 0 N–H and O–H groups in total. The first-order valence-corrected chi connectivity index (χ1v) is 29.1. The highest BCUT2D eigenvalue weighted by Crippen LogP contribution is 2.50. The number of hydrogen-bond acceptors (Lipinski definition) is 8. The van der Waals surface area contributed by atoms with Crippen LogP contribution in [0.1, 0.15) is 79.1 Å². The smallest absolute Gasteiger partial charge is 0.261 e. The fraction of sp³-hybridized carbons (Fsp3) is 0.147. The molecule has 0 heterocycles. The number of hydrogen-bond donors (Lipinski definition) is 0. The molecule has 0 radical (unpaired) electrons. The number of azo groups is 2. The van der Waals surface area contributed by atoms with E-state index in [9.17, 15) is 9.59 Å². The van der Waals surface area contributed by atoms with Crippen LogP contribution in [0.2, 0.25) is 0 Å². The molecule has 11 aromatic rings. The lowest BCUT2D eigenvalue weighted by molar-refractivity contribution is 0.0983. The highest BCUT2D eigenvalue weighted by atomic mass is 16.5. The van der Waals surface area contributed by atoms with E-state index >= 15 is 0 Å². The van der Waals surface area contributed by atoms with E-state index in [1.807, 2.05) is 106 Å². The summed E-state index contributed by atoms with van der Waals surface area (Å²) in [5, 5.41) is 23.7. The highest BCUT2D eigenvalue weighted by molar-refractivity contribution is 6.15. The number of aryl methyl sites for hydroxylation is 3. The third kappa shape index (κ3) is 9.69. The third-order valence-electron chi connectivity index (χ3n) is 17.1. The van der Waals surface area contributed by atoms with Gasteiger partial charge in [-0.05, 0) is 196 Å². The molecular weight excluding hydrogens is 1050 g/mol. The van der Waals surface area contributed by atoms with Crippen LogP contribution in [-0.4, -0.2) is 33.0 Å². The molecule has 2 amide bonds. The van der Waals surface area contributed by atoms with Gasteiger partial charge >= 0.3 is 0 Å². The van der Waals surface area contributed by atoms with Gasteiger partial charge in [-0.3, -0.25) is 9.59 Å². The van der Waals surface area contributed by atoms with Crippen molar-refractivity contribution in [1.82, 2.24) is 0 Å². The number of carbonyl (C=O) groups excluding carboxylic acids is 2. The van der Waals surface area contributed by atoms with Gasteiger partial charge in [0.2, 0.25) is 0 Å². The van der Waals surface area contributed by atoms with Crippen LogP contribution in [0.25, 0.3) is 43.8 Å². The SMILES string of the molecule is CCc1ccccc1N(C)C(=O)c1cc2ccc3c(c2c(N=Nc2ccc(N(c4ccc(C)cc4)c4ccc(N=Nc5c(OC)c(C(=O)N(C)c6ccccc6CC)cc6ccc7c(c56)Cc5ccccc5-7)cc4)cc2)c1C)Cc1ccccc1-3. The quantitative estimate of drug-likeness (QED) is 0.101. The molecule has 416 valence electrons. The molecule has 0 atom stereocenters. The summed E-state index contributed by atoms with van der Waals surface area (Å²) in [6.07, 6.45) is 3.07. The Morgan fingerprint density at radius 2 is 0.882 bits per heavy atom. The zero-order chi connectivity index (χ0) is 58.5. The van der Waals surface area contributed by atoms with Crippen LogP contribution in [0.5, 0.6) is 5.75 Å². The first-order valence-electron chi connectivity index (χ1n) is 29.1. The Labute approximate surface area is 496 Å². The minimum absolute atomic E-state index is 0.100. The molecule has 2 aliphatic carbocycles. The number of benzene rings is 11. The normalized spacial score (nSPS) is 12.2. The summed E-state index contributed by atoms with van der Waals surface area (Å²) >= 11 is 0. The van der Waals surface area contributed by atoms with Gasteiger partial charge in [0.1, 0.15) is 5.69 Å². The van der Waals surface area contributed by atoms with Crippen LogP contribution in [0.3, 0.4) is 0 Å². The fourth-order valence-corrected chi connectivity index (χ4v) is 12.7. The van der Waals surface area contributed by atoms with Crippen molar-refractivity contribution >= 4 is 84.5 Å². The molecule has 0 aromatic heterocycles. The van der Waals surface area contributed by atoms with E-state index in [4.69, 9.17) is 25.2 Å². The van der Waals surface area contributed by atoms with E-state index in [1.165, 1.54) is 33.4 Å². The number of nitrogens with zero attached hydrogens (tertiary/aromatic N) is 7. The van der Waals surface area contributed by atoms with Gasteiger partial charge in [-0.1, -0.05) is 141 Å². The molecule has 0 saturated heterocycles. The van der Waals surface area contributed by atoms with Gasteiger partial charge in [-0.25, -0.2) is 0 Å². The Hall–Kier alpha value is -10.3. The minimum Gasteiger partial charge on any atom is -0.494 e. The van der Waals surface area contributed by atoms with Crippen LogP contribution < -0.4 is 19.4 Å². The average Bonchev–Trinajstić information content (AvgIpc) is 2.15. The van der Waals surface area contributed by atoms with Crippen molar-refractivity contribution in [3.05, 3.63) is 262 Å². The van der Waals surface area contributed by atoms with Gasteiger partial charge in [-0.2, -0.15) is 10.2 Å². The number of carbonyl (C=O) groups is 2. The summed E-state index contributed by atoms with van der Waals surface area (Å²) in [6.45, 7) is 8.28. The van der Waals surface area contributed by atoms with Crippen molar-refractivity contribution in [2.75, 3.05) is 35.9 Å². The monoisotopic (exact) mass is 1110 g/mol. The summed E-state index contributed by atoms with van der Waals surface area (Å²) in [7, 11) is 5.26. The van der Waals surface area contributed by atoms with Crippen LogP contribution in [0.15, 0.2) is 227 Å². The van der Waals surface area contributed by atoms with E-state index in [0.29, 0.717) is 39.6 Å². The van der Waals surface area contributed by atoms with Crippen molar-refractivity contribution in [2.24, 2.45) is 20.5 Å². The van der Waals surface area contributed by atoms with Gasteiger partial charge < -0.3 is 19.4 Å². The van der Waals surface area contributed by atoms with E-state index < -0.39 is 0 Å². The molecule has 0 unspecified atom stereocenters. The van der Waals surface area contributed by atoms with Crippen molar-refractivity contribution in [2.45, 2.75) is 53.4 Å². The van der Waals surface area contributed by atoms with Gasteiger partial charge in [0.25, 0.3) is 11.8 Å². The van der Waals surface area contributed by atoms with Crippen LogP contribution in [0, 0.1) is 13.8 Å². The van der Waals surface area contributed by atoms with Crippen molar-refractivity contribution < 1.29 is 14.3 Å². The zero-order valence-electron chi connectivity index (χ0n) is 48.8. The Balaban J connectivity index is 0.850. The second-order valence-electron chi connectivity index (χ2n) is 22.0. The number of fused-ring (bicyclic) bond motifs is 10. The summed E-state index contributed by atoms with van der Waals surface area (Å²) in [4.78, 5) is 35.0. The second-order valence-corrected chi connectivity index (χ2v) is 22.0. The number of rotatable bonds is 14. The van der Waals surface area contributed by atoms with Crippen molar-refractivity contribution in [3.8, 4) is 28.0 Å². The maximum absolute atomic E-state index is 14.7. The number of amides is 2. The van der Waals surface area contributed by atoms with E-state index in [1.54, 1.807) is 16.9 Å². The first-order chi connectivity index (χ1) is 41.5. The van der Waals surface area contributed by atoms with Gasteiger partial charge in [0, 0.05) is 58.9 Å². The lowest BCUT2D eigenvalue weighted by Gasteiger charge is -2.25. The Morgan fingerprint density at radius 1 is 0.459 bits per heavy atom. The van der Waals surface area contributed by atoms with E-state index in [-0.39, 0.29) is 11.8 Å². The Bertz CT molecular complexity index is 4530. The fourth-order valence-electron chi connectivity index (χ4n) is 12.7. The Morgan fingerprint density at radius 3 is 1.38 bits per heavy atom. The molecule has 0 spiro atoms. The molecular formula is C75H63N7O3. The molecule has 0 aliphatic heterocycles. The third-order valence-corrected chi connectivity index (χ3v) is 17.1. The Kier molecular flexibility index (Phi) is 14.2. The van der Waals surface area contributed by atoms with Crippen LogP contribution in [0.4, 0.5) is 51.2 Å². The predicted molar refractivity (Wildman–Crippen MR) is 347 cm³/mol. The maximum Gasteiger partial charge on any atom is 0.261 e. The number of anilines is 5. The molecule has 10 nitrogen and oxygen atoms in total. The van der Waals surface area contributed by atoms with Crippen LogP contribution in [-0.2, 0) is 25.7 Å². The molecule has 0 saturated carbocycles. The first kappa shape index (κ1) is 54.0. The number of para-hydroxylation sites is 2. The lowest BCUT2D eigenvalue weighted by atomic mass is 9.92. The summed E-state index contributed by atoms with van der Waals surface area (Å²) in [5.41, 5.74) is 21.7. The molecule has 85 heavy (non-hydrogen) atoms. The van der Waals surface area contributed by atoms with Crippen molar-refractivity contribution in [3.63, 3.8) is 0 Å². The zero-order valence-corrected chi connectivity index (χ0v) is 48.8. The topological polar surface area (TPSA) is 103 Å². The van der Waals surface area contributed by atoms with E-state index in [2.05, 4.69) is 147 Å². The molecule has 10 heteroatoms. The van der Waals surface area contributed by atoms with Crippen LogP contribution >= 0.6 is 0 Å². The molecule has 13 rings (SSSR count). The predicted octanol–water partition coefficient (Wildman–Crippen LogP) is 19.7. The molecule has 11 aromatic carbocycles. The largest absolute Gasteiger partial charge is 0.494 e. The number of methoxy groups -OCH3 is 1. The van der Waals surface area contributed by atoms with Crippen molar-refractivity contribution in [1.29, 1.82) is 0 Å². The number of ether oxygens (including phenoxy) is 1. The summed E-state index contributed by atoms with van der Waals surface area (Å²) in [6, 6.07) is 70.2. The van der Waals surface area contributed by atoms with Gasteiger partial charge in [0.15, 0.2) is 5.75 Å². The standard InChI is InChI=1S/C75H63N7O3/c1-8-48-18-12-16-24-67(48)80(5)74(83)63-44-52-28-40-61-59-22-14-10-20-50(59)42-64(61)69(52)71(47(63)4)78-76-54-30-36-57(37-31-54)82(56-34-26-46(3)27-35-56)58-38-32-55(33-39-58)77-79-72-70-53(29-41-62-60-23-15-11-21-51(60)43-65(62)70)45-66(73(72)85-7)75(84)81(6)68-25-17-13-19-49(68)9-2/h10-41,44-45H,8-9,42-43H2,1-7H3. The van der Waals surface area contributed by atoms with Gasteiger partial charge in [0.05, 0.1) is 29.7 Å². The minimum atomic E-state index is -0.203. The van der Waals surface area contributed by atoms with E-state index in [0.717, 1.165) is 109 Å². The summed E-state index contributed by atoms with van der Waals surface area (Å²) < 4.78 is 6.23. The van der Waals surface area contributed by atoms with Gasteiger partial charge in [-0.15, -0.1) is 10.2 Å².